The molecule has 0 spiro atoms. The minimum atomic E-state index is -0.106. The van der Waals surface area contributed by atoms with Gasteiger partial charge >= 0.3 is 6.47 Å². The van der Waals surface area contributed by atoms with Gasteiger partial charge in [-0.05, 0) is 20.8 Å². The third-order valence-corrected chi connectivity index (χ3v) is 0.985. The van der Waals surface area contributed by atoms with Crippen LogP contribution < -0.4 is 0 Å². The van der Waals surface area contributed by atoms with Crippen LogP contribution in [0.15, 0.2) is 0 Å². The highest BCUT2D eigenvalue weighted by Gasteiger charge is 2.08. The Hall–Kier alpha value is -0.570. The highest BCUT2D eigenvalue weighted by molar-refractivity contribution is 5.37. The van der Waals surface area contributed by atoms with E-state index in [0.29, 0.717) is 13.2 Å². The first-order valence-corrected chi connectivity index (χ1v) is 3.69. The predicted molar refractivity (Wildman–Crippen MR) is 42.0 cm³/mol. The molecule has 0 aromatic heterocycles. The SMILES string of the molecule is CC(C)(C)OCCCO[C]=O. The van der Waals surface area contributed by atoms with E-state index in [1.807, 2.05) is 20.8 Å². The van der Waals surface area contributed by atoms with E-state index in [4.69, 9.17) is 4.74 Å². The second-order valence-electron chi connectivity index (χ2n) is 3.25. The second-order valence-corrected chi connectivity index (χ2v) is 3.25. The van der Waals surface area contributed by atoms with Gasteiger partial charge < -0.3 is 9.47 Å². The number of ether oxygens (including phenoxy) is 2. The number of rotatable bonds is 5. The van der Waals surface area contributed by atoms with Gasteiger partial charge in [-0.2, -0.15) is 0 Å². The van der Waals surface area contributed by atoms with Crippen LogP contribution in [0, 0.1) is 0 Å². The van der Waals surface area contributed by atoms with E-state index >= 15 is 0 Å². The van der Waals surface area contributed by atoms with Crippen LogP contribution in [0.5, 0.6) is 0 Å². The van der Waals surface area contributed by atoms with Gasteiger partial charge in [-0.15, -0.1) is 0 Å². The Morgan fingerprint density at radius 2 is 1.91 bits per heavy atom. The summed E-state index contributed by atoms with van der Waals surface area (Å²) >= 11 is 0. The van der Waals surface area contributed by atoms with Crippen molar-refractivity contribution in [3.63, 3.8) is 0 Å². The molecule has 0 N–H and O–H groups in total. The van der Waals surface area contributed by atoms with E-state index in [-0.39, 0.29) is 5.60 Å². The van der Waals surface area contributed by atoms with Crippen LogP contribution in [0.3, 0.4) is 0 Å². The molecule has 0 aliphatic heterocycles. The van der Waals surface area contributed by atoms with E-state index in [2.05, 4.69) is 4.74 Å². The van der Waals surface area contributed by atoms with Gasteiger partial charge in [0, 0.05) is 6.42 Å². The van der Waals surface area contributed by atoms with E-state index in [1.54, 1.807) is 0 Å². The maximum atomic E-state index is 9.58. The molecule has 0 aliphatic carbocycles. The van der Waals surface area contributed by atoms with Crippen molar-refractivity contribution < 1.29 is 14.3 Å². The molecule has 0 aromatic carbocycles. The van der Waals surface area contributed by atoms with Crippen molar-refractivity contribution in [2.24, 2.45) is 0 Å². The minimum absolute atomic E-state index is 0.106. The predicted octanol–water partition coefficient (Wildman–Crippen LogP) is 1.28. The van der Waals surface area contributed by atoms with Crippen LogP contribution in [0.1, 0.15) is 27.2 Å². The molecule has 0 unspecified atom stereocenters. The molecule has 0 bridgehead atoms. The Labute approximate surface area is 67.7 Å². The largest absolute Gasteiger partial charge is 0.457 e. The summed E-state index contributed by atoms with van der Waals surface area (Å²) in [6, 6.07) is 0. The molecule has 0 saturated heterocycles. The van der Waals surface area contributed by atoms with Crippen molar-refractivity contribution >= 4 is 6.47 Å². The summed E-state index contributed by atoms with van der Waals surface area (Å²) in [7, 11) is 0. The van der Waals surface area contributed by atoms with Crippen molar-refractivity contribution in [1.29, 1.82) is 0 Å². The van der Waals surface area contributed by atoms with E-state index in [1.165, 1.54) is 6.47 Å². The highest BCUT2D eigenvalue weighted by Crippen LogP contribution is 2.06. The van der Waals surface area contributed by atoms with Crippen molar-refractivity contribution in [3.05, 3.63) is 0 Å². The smallest absolute Gasteiger partial charge is 0.417 e. The molecule has 1 radical (unpaired) electrons. The molecule has 11 heavy (non-hydrogen) atoms. The summed E-state index contributed by atoms with van der Waals surface area (Å²) in [5.41, 5.74) is -0.106. The lowest BCUT2D eigenvalue weighted by atomic mass is 10.2. The average molecular weight is 159 g/mol. The Bertz CT molecular complexity index is 104. The van der Waals surface area contributed by atoms with Crippen molar-refractivity contribution in [2.45, 2.75) is 32.8 Å². The minimum Gasteiger partial charge on any atom is -0.457 e. The summed E-state index contributed by atoms with van der Waals surface area (Å²) in [6.45, 7) is 8.32. The zero-order valence-electron chi connectivity index (χ0n) is 7.35. The molecule has 0 atom stereocenters. The second kappa shape index (κ2) is 5.13. The Morgan fingerprint density at radius 3 is 2.36 bits per heavy atom. The van der Waals surface area contributed by atoms with Gasteiger partial charge in [0.25, 0.3) is 0 Å². The summed E-state index contributed by atoms with van der Waals surface area (Å²) in [6.07, 6.45) is 0.729. The fraction of sp³-hybridized carbons (Fsp3) is 0.875. The van der Waals surface area contributed by atoms with Gasteiger partial charge in [0.1, 0.15) is 0 Å². The standard InChI is InChI=1S/C8H15O3/c1-8(2,3)11-6-4-5-10-7-9/h4-6H2,1-3H3. The number of hydrogen-bond donors (Lipinski definition) is 0. The third-order valence-electron chi connectivity index (χ3n) is 0.985. The van der Waals surface area contributed by atoms with Gasteiger partial charge in [-0.3, -0.25) is 0 Å². The zero-order chi connectivity index (χ0) is 8.74. The molecule has 0 rings (SSSR count). The number of carbonyl (C=O) groups excluding carboxylic acids is 1. The van der Waals surface area contributed by atoms with Crippen LogP contribution in [0.4, 0.5) is 0 Å². The lowest BCUT2D eigenvalue weighted by Crippen LogP contribution is -2.20. The topological polar surface area (TPSA) is 35.5 Å². The Morgan fingerprint density at radius 1 is 1.27 bits per heavy atom. The molecule has 0 saturated carbocycles. The molecule has 0 aliphatic rings. The first-order valence-electron chi connectivity index (χ1n) is 3.69. The van der Waals surface area contributed by atoms with Crippen LogP contribution in [-0.2, 0) is 14.3 Å². The summed E-state index contributed by atoms with van der Waals surface area (Å²) in [5, 5.41) is 0. The van der Waals surface area contributed by atoms with Gasteiger partial charge in [0.2, 0.25) is 0 Å². The molecule has 0 fully saturated rings. The molecule has 3 nitrogen and oxygen atoms in total. The maximum Gasteiger partial charge on any atom is 0.417 e. The fourth-order valence-electron chi connectivity index (χ4n) is 0.551. The van der Waals surface area contributed by atoms with Crippen molar-refractivity contribution in [2.75, 3.05) is 13.2 Å². The number of hydrogen-bond acceptors (Lipinski definition) is 3. The molecule has 0 amide bonds. The van der Waals surface area contributed by atoms with E-state index in [0.717, 1.165) is 6.42 Å². The van der Waals surface area contributed by atoms with Crippen LogP contribution in [0.25, 0.3) is 0 Å². The zero-order valence-corrected chi connectivity index (χ0v) is 7.35. The third kappa shape index (κ3) is 9.43. The summed E-state index contributed by atoms with van der Waals surface area (Å²) in [4.78, 5) is 9.58. The summed E-state index contributed by atoms with van der Waals surface area (Å²) in [5.74, 6) is 0. The molecule has 0 heterocycles. The summed E-state index contributed by atoms with van der Waals surface area (Å²) < 4.78 is 9.73. The van der Waals surface area contributed by atoms with Gasteiger partial charge in [0.15, 0.2) is 0 Å². The first-order chi connectivity index (χ1) is 5.06. The first kappa shape index (κ1) is 10.4. The monoisotopic (exact) mass is 159 g/mol. The maximum absolute atomic E-state index is 9.58. The molecule has 65 valence electrons. The highest BCUT2D eigenvalue weighted by atomic mass is 16.5. The molecular formula is C8H15O3. The lowest BCUT2D eigenvalue weighted by Gasteiger charge is -2.18. The fourth-order valence-corrected chi connectivity index (χ4v) is 0.551. The lowest BCUT2D eigenvalue weighted by molar-refractivity contribution is -0.00820. The Balaban J connectivity index is 3.08. The van der Waals surface area contributed by atoms with Crippen molar-refractivity contribution in [3.8, 4) is 0 Å². The normalized spacial score (nSPS) is 11.2. The van der Waals surface area contributed by atoms with Crippen LogP contribution >= 0.6 is 0 Å². The van der Waals surface area contributed by atoms with Gasteiger partial charge in [0.05, 0.1) is 18.8 Å². The molecular weight excluding hydrogens is 144 g/mol. The quantitative estimate of drug-likeness (QED) is 0.567. The molecule has 3 heteroatoms. The average Bonchev–Trinajstić information content (AvgIpc) is 1.85. The van der Waals surface area contributed by atoms with Crippen molar-refractivity contribution in [1.82, 2.24) is 0 Å². The van der Waals surface area contributed by atoms with Gasteiger partial charge in [-0.1, -0.05) is 0 Å². The van der Waals surface area contributed by atoms with Crippen LogP contribution in [0.2, 0.25) is 0 Å². The van der Waals surface area contributed by atoms with E-state index < -0.39 is 0 Å². The van der Waals surface area contributed by atoms with Crippen LogP contribution in [-0.4, -0.2) is 25.3 Å². The van der Waals surface area contributed by atoms with Gasteiger partial charge in [-0.25, -0.2) is 4.79 Å². The Kier molecular flexibility index (Phi) is 4.86. The molecule has 0 aromatic rings. The van der Waals surface area contributed by atoms with E-state index in [9.17, 15) is 4.79 Å².